The minimum absolute atomic E-state index is 0.0106. The van der Waals surface area contributed by atoms with Crippen molar-refractivity contribution in [2.45, 2.75) is 13.3 Å². The summed E-state index contributed by atoms with van der Waals surface area (Å²) >= 11 is 0. The molecule has 0 bridgehead atoms. The first-order chi connectivity index (χ1) is 9.58. The maximum Gasteiger partial charge on any atom is 0.338 e. The summed E-state index contributed by atoms with van der Waals surface area (Å²) in [5.41, 5.74) is 0.653. The fourth-order valence-corrected chi connectivity index (χ4v) is 1.34. The first kappa shape index (κ1) is 15.7. The lowest BCUT2D eigenvalue weighted by Crippen LogP contribution is -2.13. The van der Waals surface area contributed by atoms with Gasteiger partial charge in [0, 0.05) is 6.42 Å². The van der Waals surface area contributed by atoms with Crippen LogP contribution in [0.15, 0.2) is 24.3 Å². The van der Waals surface area contributed by atoms with Crippen molar-refractivity contribution in [2.24, 2.45) is 0 Å². The highest BCUT2D eigenvalue weighted by Crippen LogP contribution is 2.07. The Labute approximate surface area is 116 Å². The van der Waals surface area contributed by atoms with Crippen molar-refractivity contribution >= 4 is 17.9 Å². The summed E-state index contributed by atoms with van der Waals surface area (Å²) in [6.07, 6.45) is 0.281. The van der Waals surface area contributed by atoms with Gasteiger partial charge in [0.2, 0.25) is 0 Å². The predicted octanol–water partition coefficient (Wildman–Crippen LogP) is 1.58. The number of esters is 3. The molecule has 6 nitrogen and oxygen atoms in total. The summed E-state index contributed by atoms with van der Waals surface area (Å²) < 4.78 is 14.2. The van der Waals surface area contributed by atoms with Crippen LogP contribution in [0.25, 0.3) is 0 Å². The van der Waals surface area contributed by atoms with Crippen LogP contribution in [-0.4, -0.2) is 38.2 Å². The summed E-state index contributed by atoms with van der Waals surface area (Å²) in [5.74, 6) is -1.37. The van der Waals surface area contributed by atoms with Crippen molar-refractivity contribution < 1.29 is 28.6 Å². The van der Waals surface area contributed by atoms with Crippen molar-refractivity contribution in [2.75, 3.05) is 20.3 Å². The molecule has 0 aromatic heterocycles. The highest BCUT2D eigenvalue weighted by Gasteiger charge is 2.10. The molecule has 0 atom stereocenters. The molecule has 0 aliphatic rings. The first-order valence-corrected chi connectivity index (χ1v) is 6.09. The number of rotatable bonds is 6. The van der Waals surface area contributed by atoms with Crippen LogP contribution >= 0.6 is 0 Å². The van der Waals surface area contributed by atoms with E-state index in [0.29, 0.717) is 11.1 Å². The van der Waals surface area contributed by atoms with Crippen LogP contribution in [-0.2, 0) is 19.0 Å². The van der Waals surface area contributed by atoms with Crippen molar-refractivity contribution in [1.82, 2.24) is 0 Å². The van der Waals surface area contributed by atoms with Gasteiger partial charge in [0.1, 0.15) is 13.2 Å². The van der Waals surface area contributed by atoms with Crippen LogP contribution in [0.3, 0.4) is 0 Å². The summed E-state index contributed by atoms with van der Waals surface area (Å²) in [7, 11) is 1.28. The molecule has 0 aliphatic carbocycles. The third-order valence-corrected chi connectivity index (χ3v) is 2.41. The van der Waals surface area contributed by atoms with Gasteiger partial charge in [0.25, 0.3) is 0 Å². The van der Waals surface area contributed by atoms with Crippen molar-refractivity contribution in [3.63, 3.8) is 0 Å². The number of hydrogen-bond donors (Lipinski definition) is 0. The van der Waals surface area contributed by atoms with Crippen molar-refractivity contribution in [1.29, 1.82) is 0 Å². The predicted molar refractivity (Wildman–Crippen MR) is 69.3 cm³/mol. The molecule has 108 valence electrons. The molecule has 0 saturated carbocycles. The zero-order valence-corrected chi connectivity index (χ0v) is 11.4. The van der Waals surface area contributed by atoms with E-state index in [1.165, 1.54) is 31.4 Å². The molecule has 0 amide bonds. The number of ether oxygens (including phenoxy) is 3. The third kappa shape index (κ3) is 4.72. The summed E-state index contributed by atoms with van der Waals surface area (Å²) in [6.45, 7) is 1.69. The van der Waals surface area contributed by atoms with Crippen LogP contribution < -0.4 is 0 Å². The van der Waals surface area contributed by atoms with Crippen LogP contribution in [0.5, 0.6) is 0 Å². The Morgan fingerprint density at radius 3 is 1.90 bits per heavy atom. The van der Waals surface area contributed by atoms with E-state index in [-0.39, 0.29) is 25.6 Å². The second-order valence-electron chi connectivity index (χ2n) is 3.78. The van der Waals surface area contributed by atoms with Gasteiger partial charge in [-0.25, -0.2) is 9.59 Å². The molecule has 0 saturated heterocycles. The van der Waals surface area contributed by atoms with E-state index in [1.54, 1.807) is 6.92 Å². The highest BCUT2D eigenvalue weighted by atomic mass is 16.6. The van der Waals surface area contributed by atoms with Gasteiger partial charge in [0.05, 0.1) is 18.2 Å². The molecule has 20 heavy (non-hydrogen) atoms. The second-order valence-corrected chi connectivity index (χ2v) is 3.78. The Kier molecular flexibility index (Phi) is 6.22. The molecule has 0 heterocycles. The molecule has 0 unspecified atom stereocenters. The topological polar surface area (TPSA) is 78.9 Å². The molecular weight excluding hydrogens is 264 g/mol. The zero-order valence-electron chi connectivity index (χ0n) is 11.4. The summed E-state index contributed by atoms with van der Waals surface area (Å²) in [5, 5.41) is 0. The Hall–Kier alpha value is -2.37. The molecule has 0 spiro atoms. The van der Waals surface area contributed by atoms with E-state index in [0.717, 1.165) is 0 Å². The van der Waals surface area contributed by atoms with Crippen LogP contribution in [0.1, 0.15) is 34.1 Å². The van der Waals surface area contributed by atoms with Crippen molar-refractivity contribution in [3.05, 3.63) is 35.4 Å². The minimum atomic E-state index is -0.547. The van der Waals surface area contributed by atoms with E-state index in [1.807, 2.05) is 0 Å². The molecule has 1 rings (SSSR count). The van der Waals surface area contributed by atoms with Crippen molar-refractivity contribution in [3.8, 4) is 0 Å². The van der Waals surface area contributed by atoms with Gasteiger partial charge >= 0.3 is 17.9 Å². The Balaban J connectivity index is 2.44. The van der Waals surface area contributed by atoms with E-state index < -0.39 is 11.9 Å². The second kappa shape index (κ2) is 7.93. The highest BCUT2D eigenvalue weighted by molar-refractivity contribution is 5.93. The monoisotopic (exact) mass is 280 g/mol. The maximum absolute atomic E-state index is 11.6. The molecule has 0 fully saturated rings. The van der Waals surface area contributed by atoms with E-state index >= 15 is 0 Å². The Morgan fingerprint density at radius 1 is 0.900 bits per heavy atom. The molecule has 0 radical (unpaired) electrons. The summed E-state index contributed by atoms with van der Waals surface area (Å²) in [4.78, 5) is 33.7. The number of carbonyl (C=O) groups is 3. The smallest absolute Gasteiger partial charge is 0.338 e. The lowest BCUT2D eigenvalue weighted by atomic mass is 10.1. The van der Waals surface area contributed by atoms with Crippen LogP contribution in [0, 0.1) is 0 Å². The Bertz CT molecular complexity index is 477. The Morgan fingerprint density at radius 2 is 1.40 bits per heavy atom. The quantitative estimate of drug-likeness (QED) is 0.447. The van der Waals surface area contributed by atoms with Gasteiger partial charge in [0.15, 0.2) is 0 Å². The lowest BCUT2D eigenvalue weighted by molar-refractivity contribution is -0.144. The molecule has 0 aliphatic heterocycles. The fraction of sp³-hybridized carbons (Fsp3) is 0.357. The number of carbonyl (C=O) groups excluding carboxylic acids is 3. The van der Waals surface area contributed by atoms with E-state index in [4.69, 9.17) is 9.47 Å². The zero-order chi connectivity index (χ0) is 15.0. The standard InChI is InChI=1S/C14H16O6/c1-3-12(15)19-8-9-20-14(17)11-6-4-10(5-7-11)13(16)18-2/h4-7H,3,8-9H2,1-2H3. The minimum Gasteiger partial charge on any atom is -0.465 e. The SMILES string of the molecule is CCC(=O)OCCOC(=O)c1ccc(C(=O)OC)cc1. The largest absolute Gasteiger partial charge is 0.465 e. The van der Waals surface area contributed by atoms with Gasteiger partial charge in [-0.3, -0.25) is 4.79 Å². The molecular formula is C14H16O6. The van der Waals surface area contributed by atoms with Gasteiger partial charge < -0.3 is 14.2 Å². The lowest BCUT2D eigenvalue weighted by Gasteiger charge is -2.06. The number of hydrogen-bond acceptors (Lipinski definition) is 6. The number of methoxy groups -OCH3 is 1. The molecule has 1 aromatic rings. The number of benzene rings is 1. The van der Waals surface area contributed by atoms with Crippen LogP contribution in [0.2, 0.25) is 0 Å². The molecule has 0 N–H and O–H groups in total. The average Bonchev–Trinajstić information content (AvgIpc) is 2.50. The average molecular weight is 280 g/mol. The first-order valence-electron chi connectivity index (χ1n) is 6.09. The van der Waals surface area contributed by atoms with E-state index in [9.17, 15) is 14.4 Å². The summed E-state index contributed by atoms with van der Waals surface area (Å²) in [6, 6.07) is 5.87. The fourth-order valence-electron chi connectivity index (χ4n) is 1.34. The van der Waals surface area contributed by atoms with E-state index in [2.05, 4.69) is 4.74 Å². The maximum atomic E-state index is 11.6. The van der Waals surface area contributed by atoms with Crippen LogP contribution in [0.4, 0.5) is 0 Å². The van der Waals surface area contributed by atoms with Gasteiger partial charge in [-0.15, -0.1) is 0 Å². The van der Waals surface area contributed by atoms with Gasteiger partial charge in [-0.05, 0) is 24.3 Å². The molecule has 6 heteroatoms. The van der Waals surface area contributed by atoms with Gasteiger partial charge in [-0.2, -0.15) is 0 Å². The normalized spacial score (nSPS) is 9.70. The third-order valence-electron chi connectivity index (χ3n) is 2.41. The molecule has 1 aromatic carbocycles. The van der Waals surface area contributed by atoms with Gasteiger partial charge in [-0.1, -0.05) is 6.92 Å².